The van der Waals surface area contributed by atoms with Crippen LogP contribution < -0.4 is 5.32 Å². The van der Waals surface area contributed by atoms with Gasteiger partial charge in [-0.05, 0) is 39.2 Å². The normalized spacial score (nSPS) is 19.7. The van der Waals surface area contributed by atoms with Crippen molar-refractivity contribution in [2.24, 2.45) is 0 Å². The van der Waals surface area contributed by atoms with Gasteiger partial charge in [0.25, 0.3) is 0 Å². The molecule has 0 bridgehead atoms. The quantitative estimate of drug-likeness (QED) is 0.716. The van der Waals surface area contributed by atoms with Crippen molar-refractivity contribution >= 4 is 6.03 Å². The van der Waals surface area contributed by atoms with Gasteiger partial charge >= 0.3 is 6.03 Å². The molecule has 0 aliphatic carbocycles. The Balaban J connectivity index is 1.24. The summed E-state index contributed by atoms with van der Waals surface area (Å²) in [5.41, 5.74) is 0. The number of carbonyl (C=O) groups is 1. The molecule has 2 amide bonds. The molecule has 146 valence electrons. The summed E-state index contributed by atoms with van der Waals surface area (Å²) >= 11 is 0. The molecule has 2 N–H and O–H groups in total. The van der Waals surface area contributed by atoms with Gasteiger partial charge in [-0.1, -0.05) is 6.42 Å². The number of unbranched alkanes of at least 4 members (excludes halogenated alkanes) is 2. The van der Waals surface area contributed by atoms with Gasteiger partial charge in [-0.15, -0.1) is 0 Å². The fourth-order valence-electron chi connectivity index (χ4n) is 3.65. The van der Waals surface area contributed by atoms with Gasteiger partial charge in [0.15, 0.2) is 5.82 Å². The topological polar surface area (TPSA) is 86.4 Å². The van der Waals surface area contributed by atoms with Crippen molar-refractivity contribution in [1.82, 2.24) is 30.3 Å². The molecule has 1 aromatic heterocycles. The largest absolute Gasteiger partial charge is 0.379 e. The molecule has 26 heavy (non-hydrogen) atoms. The number of morpholine rings is 1. The number of aromatic nitrogens is 3. The number of hydrogen-bond donors (Lipinski definition) is 2. The van der Waals surface area contributed by atoms with Crippen LogP contribution in [0.5, 0.6) is 0 Å². The fourth-order valence-corrected chi connectivity index (χ4v) is 3.65. The minimum Gasteiger partial charge on any atom is -0.379 e. The number of rotatable bonds is 7. The Bertz CT molecular complexity index is 550. The summed E-state index contributed by atoms with van der Waals surface area (Å²) in [6, 6.07) is 0.0720. The van der Waals surface area contributed by atoms with E-state index in [-0.39, 0.29) is 6.03 Å². The van der Waals surface area contributed by atoms with Crippen LogP contribution in [0.4, 0.5) is 4.79 Å². The van der Waals surface area contributed by atoms with Crippen LogP contribution in [-0.2, 0) is 4.74 Å². The van der Waals surface area contributed by atoms with Crippen molar-refractivity contribution in [3.63, 3.8) is 0 Å². The number of hydrogen-bond acceptors (Lipinski definition) is 5. The molecule has 0 atom stereocenters. The van der Waals surface area contributed by atoms with Gasteiger partial charge in [-0.2, -0.15) is 5.10 Å². The van der Waals surface area contributed by atoms with E-state index in [4.69, 9.17) is 4.74 Å². The Morgan fingerprint density at radius 2 is 1.96 bits per heavy atom. The Hall–Kier alpha value is -1.67. The number of amides is 2. The lowest BCUT2D eigenvalue weighted by atomic mass is 9.96. The van der Waals surface area contributed by atoms with Gasteiger partial charge in [0.2, 0.25) is 0 Å². The average Bonchev–Trinajstić information content (AvgIpc) is 3.12. The highest BCUT2D eigenvalue weighted by Crippen LogP contribution is 2.25. The van der Waals surface area contributed by atoms with E-state index in [1.54, 1.807) is 0 Å². The first kappa shape index (κ1) is 19.1. The smallest absolute Gasteiger partial charge is 0.317 e. The third-order valence-electron chi connectivity index (χ3n) is 5.29. The predicted octanol–water partition coefficient (Wildman–Crippen LogP) is 1.50. The molecule has 2 saturated heterocycles. The van der Waals surface area contributed by atoms with Crippen molar-refractivity contribution in [3.8, 4) is 0 Å². The molecule has 0 spiro atoms. The number of carbonyl (C=O) groups excluding carboxylic acids is 1. The van der Waals surface area contributed by atoms with E-state index in [0.29, 0.717) is 5.92 Å². The van der Waals surface area contributed by atoms with Crippen molar-refractivity contribution in [2.45, 2.75) is 44.9 Å². The lowest BCUT2D eigenvalue weighted by molar-refractivity contribution is 0.0371. The summed E-state index contributed by atoms with van der Waals surface area (Å²) in [7, 11) is 0. The van der Waals surface area contributed by atoms with Crippen molar-refractivity contribution in [2.75, 3.05) is 52.5 Å². The molecule has 8 heteroatoms. The van der Waals surface area contributed by atoms with Crippen LogP contribution in [0.3, 0.4) is 0 Å². The molecule has 3 rings (SSSR count). The lowest BCUT2D eigenvalue weighted by Crippen LogP contribution is -2.44. The summed E-state index contributed by atoms with van der Waals surface area (Å²) in [5.74, 6) is 2.11. The summed E-state index contributed by atoms with van der Waals surface area (Å²) in [6.45, 7) is 9.22. The van der Waals surface area contributed by atoms with Crippen LogP contribution in [0, 0.1) is 6.92 Å². The lowest BCUT2D eigenvalue weighted by Gasteiger charge is -2.30. The van der Waals surface area contributed by atoms with E-state index in [0.717, 1.165) is 89.8 Å². The second-order valence-electron chi connectivity index (χ2n) is 7.29. The number of nitrogens with one attached hydrogen (secondary N) is 2. The average molecular weight is 364 g/mol. The number of piperidine rings is 1. The number of aromatic amines is 1. The third-order valence-corrected chi connectivity index (χ3v) is 5.29. The molecule has 2 aliphatic rings. The zero-order valence-corrected chi connectivity index (χ0v) is 15.9. The summed E-state index contributed by atoms with van der Waals surface area (Å²) in [5, 5.41) is 10.2. The Kier molecular flexibility index (Phi) is 7.25. The van der Waals surface area contributed by atoms with E-state index in [2.05, 4.69) is 25.4 Å². The molecule has 3 heterocycles. The molecule has 0 unspecified atom stereocenters. The standard InChI is InChI=1S/C18H32N6O2/c1-15-20-17(22-21-15)16-5-9-24(10-6-16)18(25)19-7-3-2-4-8-23-11-13-26-14-12-23/h16H,2-14H2,1H3,(H,19,25)(H,20,21,22). The maximum atomic E-state index is 12.3. The molecular weight excluding hydrogens is 332 g/mol. The van der Waals surface area contributed by atoms with E-state index in [9.17, 15) is 4.79 Å². The second-order valence-corrected chi connectivity index (χ2v) is 7.29. The van der Waals surface area contributed by atoms with Gasteiger partial charge in [0.05, 0.1) is 13.2 Å². The molecule has 2 fully saturated rings. The number of ether oxygens (including phenoxy) is 1. The van der Waals surface area contributed by atoms with Crippen LogP contribution in [-0.4, -0.2) is 83.5 Å². The monoisotopic (exact) mass is 364 g/mol. The van der Waals surface area contributed by atoms with Crippen molar-refractivity contribution in [3.05, 3.63) is 11.6 Å². The minimum atomic E-state index is 0.0720. The van der Waals surface area contributed by atoms with Gasteiger partial charge in [0.1, 0.15) is 5.82 Å². The summed E-state index contributed by atoms with van der Waals surface area (Å²) in [4.78, 5) is 21.1. The summed E-state index contributed by atoms with van der Waals surface area (Å²) in [6.07, 6.45) is 5.26. The predicted molar refractivity (Wildman–Crippen MR) is 99.2 cm³/mol. The highest BCUT2D eigenvalue weighted by atomic mass is 16.5. The highest BCUT2D eigenvalue weighted by Gasteiger charge is 2.25. The molecule has 1 aromatic rings. The first-order chi connectivity index (χ1) is 12.7. The molecule has 0 aromatic carbocycles. The molecule has 0 saturated carbocycles. The van der Waals surface area contributed by atoms with Crippen molar-refractivity contribution in [1.29, 1.82) is 0 Å². The van der Waals surface area contributed by atoms with Crippen molar-refractivity contribution < 1.29 is 9.53 Å². The molecule has 0 radical (unpaired) electrons. The second kappa shape index (κ2) is 9.87. The molecular formula is C18H32N6O2. The van der Waals surface area contributed by atoms with Gasteiger partial charge in [-0.25, -0.2) is 9.78 Å². The fraction of sp³-hybridized carbons (Fsp3) is 0.833. The van der Waals surface area contributed by atoms with Gasteiger partial charge < -0.3 is 15.0 Å². The first-order valence-corrected chi connectivity index (χ1v) is 9.94. The van der Waals surface area contributed by atoms with Gasteiger partial charge in [0, 0.05) is 38.6 Å². The highest BCUT2D eigenvalue weighted by molar-refractivity contribution is 5.74. The zero-order valence-electron chi connectivity index (χ0n) is 15.9. The van der Waals surface area contributed by atoms with Gasteiger partial charge in [-0.3, -0.25) is 10.00 Å². The number of likely N-dealkylation sites (tertiary alicyclic amines) is 1. The van der Waals surface area contributed by atoms with Crippen LogP contribution in [0.25, 0.3) is 0 Å². The Morgan fingerprint density at radius 3 is 2.65 bits per heavy atom. The molecule has 8 nitrogen and oxygen atoms in total. The van der Waals surface area contributed by atoms with Crippen LogP contribution >= 0.6 is 0 Å². The SMILES string of the molecule is Cc1nc(C2CCN(C(=O)NCCCCCN3CCOCC3)CC2)n[nH]1. The summed E-state index contributed by atoms with van der Waals surface area (Å²) < 4.78 is 5.36. The zero-order chi connectivity index (χ0) is 18.2. The van der Waals surface area contributed by atoms with E-state index >= 15 is 0 Å². The number of aryl methyl sites for hydroxylation is 1. The molecule has 2 aliphatic heterocycles. The Labute approximate surface area is 155 Å². The van der Waals surface area contributed by atoms with Crippen LogP contribution in [0.15, 0.2) is 0 Å². The Morgan fingerprint density at radius 1 is 1.19 bits per heavy atom. The number of H-pyrrole nitrogens is 1. The number of nitrogens with zero attached hydrogens (tertiary/aromatic N) is 4. The third kappa shape index (κ3) is 5.67. The van der Waals surface area contributed by atoms with Crippen LogP contribution in [0.1, 0.15) is 49.7 Å². The van der Waals surface area contributed by atoms with E-state index in [1.807, 2.05) is 11.8 Å². The number of urea groups is 1. The van der Waals surface area contributed by atoms with E-state index in [1.165, 1.54) is 6.42 Å². The minimum absolute atomic E-state index is 0.0720. The first-order valence-electron chi connectivity index (χ1n) is 9.94. The van der Waals surface area contributed by atoms with Crippen LogP contribution in [0.2, 0.25) is 0 Å². The maximum Gasteiger partial charge on any atom is 0.317 e. The van der Waals surface area contributed by atoms with E-state index < -0.39 is 0 Å². The maximum absolute atomic E-state index is 12.3.